The number of amides is 1. The molecule has 1 saturated heterocycles. The number of nitrogens with one attached hydrogen (secondary N) is 3. The summed E-state index contributed by atoms with van der Waals surface area (Å²) in [5.74, 6) is -0.0662. The molecule has 23 heavy (non-hydrogen) atoms. The third-order valence-corrected chi connectivity index (χ3v) is 4.16. The predicted molar refractivity (Wildman–Crippen MR) is 88.6 cm³/mol. The molecule has 0 aliphatic carbocycles. The van der Waals surface area contributed by atoms with Gasteiger partial charge in [-0.25, -0.2) is 4.79 Å². The summed E-state index contributed by atoms with van der Waals surface area (Å²) in [6, 6.07) is 5.06. The van der Waals surface area contributed by atoms with Crippen molar-refractivity contribution in [3.63, 3.8) is 0 Å². The zero-order chi connectivity index (χ0) is 16.6. The molecule has 0 unspecified atom stereocenters. The number of fused-ring (bicyclic) bond motifs is 1. The Morgan fingerprint density at radius 2 is 1.91 bits per heavy atom. The molecule has 1 fully saturated rings. The van der Waals surface area contributed by atoms with Gasteiger partial charge in [-0.05, 0) is 39.0 Å². The van der Waals surface area contributed by atoms with Crippen molar-refractivity contribution >= 4 is 22.6 Å². The Balaban J connectivity index is 1.70. The van der Waals surface area contributed by atoms with Crippen molar-refractivity contribution in [2.75, 3.05) is 18.4 Å². The topological polar surface area (TPSA) is 90.2 Å². The number of aromatic nitrogens is 2. The molecular weight excluding hydrogens is 296 g/mol. The average Bonchev–Trinajstić information content (AvgIpc) is 2.84. The second kappa shape index (κ2) is 6.17. The molecule has 124 valence electrons. The minimum absolute atomic E-state index is 0.0662. The van der Waals surface area contributed by atoms with E-state index < -0.39 is 0 Å². The fourth-order valence-electron chi connectivity index (χ4n) is 3.06. The Morgan fingerprint density at radius 1 is 1.26 bits per heavy atom. The largest absolute Gasteiger partial charge is 0.373 e. The minimum atomic E-state index is -0.256. The number of ether oxygens (including phenoxy) is 1. The van der Waals surface area contributed by atoms with Crippen LogP contribution in [0.2, 0.25) is 0 Å². The van der Waals surface area contributed by atoms with E-state index >= 15 is 0 Å². The first-order valence-corrected chi connectivity index (χ1v) is 7.85. The van der Waals surface area contributed by atoms with E-state index in [1.54, 1.807) is 18.2 Å². The molecule has 1 aliphatic rings. The molecule has 0 saturated carbocycles. The highest BCUT2D eigenvalue weighted by atomic mass is 16.5. The molecule has 3 atom stereocenters. The number of benzene rings is 1. The lowest BCUT2D eigenvalue weighted by molar-refractivity contribution is -0.126. The van der Waals surface area contributed by atoms with Gasteiger partial charge in [-0.3, -0.25) is 9.69 Å². The summed E-state index contributed by atoms with van der Waals surface area (Å²) >= 11 is 0. The number of anilines is 1. The Labute approximate surface area is 134 Å². The van der Waals surface area contributed by atoms with Crippen LogP contribution in [0.25, 0.3) is 11.0 Å². The van der Waals surface area contributed by atoms with E-state index in [9.17, 15) is 9.59 Å². The van der Waals surface area contributed by atoms with Gasteiger partial charge in [0.2, 0.25) is 5.91 Å². The number of aromatic amines is 2. The third kappa shape index (κ3) is 3.46. The lowest BCUT2D eigenvalue weighted by atomic mass is 10.1. The van der Waals surface area contributed by atoms with E-state index in [-0.39, 0.29) is 29.8 Å². The standard InChI is InChI=1S/C16H22N4O3/c1-9-7-20(8-10(2)23-9)11(3)15(21)17-12-4-5-13-14(6-12)19-16(22)18-13/h4-6,9-11H,7-8H2,1-3H3,(H,17,21)(H2,18,19,22)/t9-,10-,11-/m1/s1. The Morgan fingerprint density at radius 3 is 2.61 bits per heavy atom. The smallest absolute Gasteiger partial charge is 0.323 e. The lowest BCUT2D eigenvalue weighted by Gasteiger charge is -2.38. The van der Waals surface area contributed by atoms with Gasteiger partial charge in [0.25, 0.3) is 0 Å². The molecule has 0 radical (unpaired) electrons. The zero-order valence-corrected chi connectivity index (χ0v) is 13.6. The fourth-order valence-corrected chi connectivity index (χ4v) is 3.06. The average molecular weight is 318 g/mol. The lowest BCUT2D eigenvalue weighted by Crippen LogP contribution is -2.52. The van der Waals surface area contributed by atoms with Gasteiger partial charge >= 0.3 is 5.69 Å². The quantitative estimate of drug-likeness (QED) is 0.795. The third-order valence-electron chi connectivity index (χ3n) is 4.16. The molecule has 1 amide bonds. The molecule has 2 heterocycles. The van der Waals surface area contributed by atoms with Gasteiger partial charge in [0.1, 0.15) is 0 Å². The van der Waals surface area contributed by atoms with Crippen LogP contribution in [0.4, 0.5) is 5.69 Å². The molecule has 2 aromatic rings. The maximum atomic E-state index is 12.5. The van der Waals surface area contributed by atoms with Crippen molar-refractivity contribution in [3.8, 4) is 0 Å². The van der Waals surface area contributed by atoms with Gasteiger partial charge in [0.15, 0.2) is 0 Å². The minimum Gasteiger partial charge on any atom is -0.373 e. The Hall–Kier alpha value is -2.12. The molecule has 1 aromatic carbocycles. The number of rotatable bonds is 3. The molecule has 3 rings (SSSR count). The Bertz CT molecular complexity index is 756. The number of carbonyl (C=O) groups excluding carboxylic acids is 1. The number of imidazole rings is 1. The SMILES string of the molecule is C[C@@H]1CN([C@H](C)C(=O)Nc2ccc3[nH]c(=O)[nH]c3c2)C[C@@H](C)O1. The van der Waals surface area contributed by atoms with E-state index in [2.05, 4.69) is 20.2 Å². The van der Waals surface area contributed by atoms with Crippen molar-refractivity contribution in [2.45, 2.75) is 39.0 Å². The molecule has 1 aliphatic heterocycles. The summed E-state index contributed by atoms with van der Waals surface area (Å²) in [7, 11) is 0. The number of H-pyrrole nitrogens is 2. The molecule has 3 N–H and O–H groups in total. The zero-order valence-electron chi connectivity index (χ0n) is 13.6. The first-order valence-electron chi connectivity index (χ1n) is 7.85. The fraction of sp³-hybridized carbons (Fsp3) is 0.500. The van der Waals surface area contributed by atoms with Crippen LogP contribution in [-0.2, 0) is 9.53 Å². The van der Waals surface area contributed by atoms with Crippen molar-refractivity contribution in [3.05, 3.63) is 28.7 Å². The molecule has 1 aromatic heterocycles. The summed E-state index contributed by atoms with van der Waals surface area (Å²) in [4.78, 5) is 31.3. The van der Waals surface area contributed by atoms with Gasteiger partial charge in [-0.2, -0.15) is 0 Å². The summed E-state index contributed by atoms with van der Waals surface area (Å²) < 4.78 is 5.70. The number of hydrogen-bond acceptors (Lipinski definition) is 4. The number of nitrogens with zero attached hydrogens (tertiary/aromatic N) is 1. The van der Waals surface area contributed by atoms with Gasteiger partial charge in [-0.15, -0.1) is 0 Å². The summed E-state index contributed by atoms with van der Waals surface area (Å²) in [5.41, 5.74) is 1.80. The van der Waals surface area contributed by atoms with Crippen LogP contribution in [0.3, 0.4) is 0 Å². The van der Waals surface area contributed by atoms with Crippen LogP contribution in [-0.4, -0.2) is 52.1 Å². The van der Waals surface area contributed by atoms with E-state index in [0.29, 0.717) is 11.2 Å². The van der Waals surface area contributed by atoms with Crippen LogP contribution < -0.4 is 11.0 Å². The number of morpholine rings is 1. The molecular formula is C16H22N4O3. The summed E-state index contributed by atoms with van der Waals surface area (Å²) in [5, 5.41) is 2.91. The van der Waals surface area contributed by atoms with Crippen molar-refractivity contribution < 1.29 is 9.53 Å². The van der Waals surface area contributed by atoms with Gasteiger partial charge in [0.05, 0.1) is 29.3 Å². The monoisotopic (exact) mass is 318 g/mol. The summed E-state index contributed by atoms with van der Waals surface area (Å²) in [6.45, 7) is 7.41. The second-order valence-electron chi connectivity index (χ2n) is 6.22. The highest BCUT2D eigenvalue weighted by Gasteiger charge is 2.29. The molecule has 0 bridgehead atoms. The molecule has 7 heteroatoms. The highest BCUT2D eigenvalue weighted by Crippen LogP contribution is 2.17. The highest BCUT2D eigenvalue weighted by molar-refractivity contribution is 5.96. The maximum Gasteiger partial charge on any atom is 0.323 e. The first kappa shape index (κ1) is 15.8. The number of carbonyl (C=O) groups is 1. The van der Waals surface area contributed by atoms with Crippen molar-refractivity contribution in [1.82, 2.24) is 14.9 Å². The molecule has 0 spiro atoms. The second-order valence-corrected chi connectivity index (χ2v) is 6.22. The van der Waals surface area contributed by atoms with Crippen LogP contribution in [0.1, 0.15) is 20.8 Å². The first-order chi connectivity index (χ1) is 10.9. The summed E-state index contributed by atoms with van der Waals surface area (Å²) in [6.07, 6.45) is 0.241. The van der Waals surface area contributed by atoms with E-state index in [1.165, 1.54) is 0 Å². The van der Waals surface area contributed by atoms with Gasteiger partial charge in [-0.1, -0.05) is 0 Å². The Kier molecular flexibility index (Phi) is 4.23. The van der Waals surface area contributed by atoms with E-state index in [4.69, 9.17) is 4.74 Å². The normalized spacial score (nSPS) is 23.8. The van der Waals surface area contributed by atoms with Crippen molar-refractivity contribution in [1.29, 1.82) is 0 Å². The number of hydrogen-bond donors (Lipinski definition) is 3. The van der Waals surface area contributed by atoms with Gasteiger partial charge in [0, 0.05) is 18.8 Å². The van der Waals surface area contributed by atoms with Crippen LogP contribution in [0.5, 0.6) is 0 Å². The van der Waals surface area contributed by atoms with Crippen LogP contribution in [0, 0.1) is 0 Å². The maximum absolute atomic E-state index is 12.5. The van der Waals surface area contributed by atoms with E-state index in [0.717, 1.165) is 18.6 Å². The van der Waals surface area contributed by atoms with Gasteiger partial charge < -0.3 is 20.0 Å². The van der Waals surface area contributed by atoms with Crippen molar-refractivity contribution in [2.24, 2.45) is 0 Å². The molecule has 7 nitrogen and oxygen atoms in total. The van der Waals surface area contributed by atoms with Crippen LogP contribution in [0.15, 0.2) is 23.0 Å². The van der Waals surface area contributed by atoms with E-state index in [1.807, 2.05) is 20.8 Å². The predicted octanol–water partition coefficient (Wildman–Crippen LogP) is 1.29. The van der Waals surface area contributed by atoms with Crippen LogP contribution >= 0.6 is 0 Å².